The van der Waals surface area contributed by atoms with Crippen molar-refractivity contribution in [2.24, 2.45) is 4.99 Å². The van der Waals surface area contributed by atoms with Gasteiger partial charge in [-0.25, -0.2) is 4.98 Å². The minimum atomic E-state index is 0.695. The van der Waals surface area contributed by atoms with E-state index in [-0.39, 0.29) is 0 Å². The summed E-state index contributed by atoms with van der Waals surface area (Å²) >= 11 is 0. The van der Waals surface area contributed by atoms with Gasteiger partial charge in [-0.05, 0) is 30.0 Å². The molecule has 26 heavy (non-hydrogen) atoms. The van der Waals surface area contributed by atoms with Crippen molar-refractivity contribution in [1.29, 1.82) is 0 Å². The number of guanidine groups is 1. The van der Waals surface area contributed by atoms with Crippen molar-refractivity contribution in [1.82, 2.24) is 25.8 Å². The van der Waals surface area contributed by atoms with E-state index in [0.29, 0.717) is 6.54 Å². The summed E-state index contributed by atoms with van der Waals surface area (Å²) in [5, 5.41) is 13.5. The van der Waals surface area contributed by atoms with Crippen LogP contribution in [0.5, 0.6) is 0 Å². The summed E-state index contributed by atoms with van der Waals surface area (Å²) in [6.45, 7) is 1.58. The molecule has 3 N–H and O–H groups in total. The molecule has 1 aromatic heterocycles. The highest BCUT2D eigenvalue weighted by atomic mass is 15.2. The summed E-state index contributed by atoms with van der Waals surface area (Å²) in [5.74, 6) is 1.58. The molecule has 0 radical (unpaired) electrons. The Balaban J connectivity index is 1.45. The van der Waals surface area contributed by atoms with Crippen LogP contribution < -0.4 is 10.6 Å². The summed E-state index contributed by atoms with van der Waals surface area (Å²) in [6.07, 6.45) is 3.64. The molecule has 0 aliphatic rings. The fourth-order valence-electron chi connectivity index (χ4n) is 2.72. The van der Waals surface area contributed by atoms with Crippen molar-refractivity contribution in [3.05, 3.63) is 72.1 Å². The molecule has 0 aliphatic carbocycles. The quantitative estimate of drug-likeness (QED) is 0.348. The predicted octanol–water partition coefficient (Wildman–Crippen LogP) is 2.77. The number of hydrogen-bond acceptors (Lipinski definition) is 3. The van der Waals surface area contributed by atoms with Crippen LogP contribution in [0.15, 0.2) is 65.9 Å². The summed E-state index contributed by atoms with van der Waals surface area (Å²) in [6, 6.07) is 18.7. The molecule has 134 valence electrons. The van der Waals surface area contributed by atoms with Crippen molar-refractivity contribution in [2.75, 3.05) is 13.6 Å². The molecule has 0 amide bonds. The Hall–Kier alpha value is -3.15. The highest BCUT2D eigenvalue weighted by Gasteiger charge is 2.03. The van der Waals surface area contributed by atoms with E-state index < -0.39 is 0 Å². The first-order valence-electron chi connectivity index (χ1n) is 8.78. The van der Waals surface area contributed by atoms with Crippen LogP contribution in [0.1, 0.15) is 17.5 Å². The van der Waals surface area contributed by atoms with E-state index in [1.807, 2.05) is 18.2 Å². The Kier molecular flexibility index (Phi) is 6.36. The number of nitrogens with one attached hydrogen (secondary N) is 3. The monoisotopic (exact) mass is 348 g/mol. The lowest BCUT2D eigenvalue weighted by Crippen LogP contribution is -2.37. The van der Waals surface area contributed by atoms with Gasteiger partial charge in [0.25, 0.3) is 0 Å². The summed E-state index contributed by atoms with van der Waals surface area (Å²) in [4.78, 5) is 8.48. The number of aromatic nitrogens is 3. The first kappa shape index (κ1) is 17.7. The lowest BCUT2D eigenvalue weighted by molar-refractivity contribution is 0.742. The second-order valence-electron chi connectivity index (χ2n) is 5.98. The maximum absolute atomic E-state index is 4.29. The highest BCUT2D eigenvalue weighted by molar-refractivity contribution is 5.79. The molecule has 3 aromatic rings. The van der Waals surface area contributed by atoms with Gasteiger partial charge in [0.1, 0.15) is 6.33 Å². The van der Waals surface area contributed by atoms with Gasteiger partial charge in [0.2, 0.25) is 0 Å². The summed E-state index contributed by atoms with van der Waals surface area (Å²) < 4.78 is 0. The van der Waals surface area contributed by atoms with E-state index in [1.54, 1.807) is 7.05 Å². The van der Waals surface area contributed by atoms with Crippen LogP contribution in [0.25, 0.3) is 11.4 Å². The van der Waals surface area contributed by atoms with Crippen LogP contribution in [-0.4, -0.2) is 34.7 Å². The molecule has 6 nitrogen and oxygen atoms in total. The van der Waals surface area contributed by atoms with Crippen LogP contribution in [0.3, 0.4) is 0 Å². The number of H-pyrrole nitrogens is 1. The van der Waals surface area contributed by atoms with Gasteiger partial charge in [-0.1, -0.05) is 48.5 Å². The molecule has 0 saturated carbocycles. The van der Waals surface area contributed by atoms with Gasteiger partial charge >= 0.3 is 0 Å². The van der Waals surface area contributed by atoms with Crippen LogP contribution in [0, 0.1) is 0 Å². The number of aromatic amines is 1. The lowest BCUT2D eigenvalue weighted by atomic mass is 10.1. The molecule has 6 heteroatoms. The van der Waals surface area contributed by atoms with Crippen LogP contribution in [0.4, 0.5) is 0 Å². The van der Waals surface area contributed by atoms with E-state index in [1.165, 1.54) is 11.9 Å². The van der Waals surface area contributed by atoms with Gasteiger partial charge in [0.15, 0.2) is 11.8 Å². The third kappa shape index (κ3) is 5.17. The van der Waals surface area contributed by atoms with E-state index >= 15 is 0 Å². The summed E-state index contributed by atoms with van der Waals surface area (Å²) in [7, 11) is 1.79. The van der Waals surface area contributed by atoms with Gasteiger partial charge in [-0.2, -0.15) is 5.10 Å². The highest BCUT2D eigenvalue weighted by Crippen LogP contribution is 2.15. The van der Waals surface area contributed by atoms with Crippen molar-refractivity contribution in [3.8, 4) is 11.4 Å². The molecule has 0 spiro atoms. The fourth-order valence-corrected chi connectivity index (χ4v) is 2.72. The molecule has 2 aromatic carbocycles. The maximum Gasteiger partial charge on any atom is 0.191 e. The lowest BCUT2D eigenvalue weighted by Gasteiger charge is -2.12. The van der Waals surface area contributed by atoms with E-state index in [4.69, 9.17) is 0 Å². The zero-order valence-corrected chi connectivity index (χ0v) is 14.9. The van der Waals surface area contributed by atoms with Crippen LogP contribution in [-0.2, 0) is 13.0 Å². The maximum atomic E-state index is 4.29. The minimum Gasteiger partial charge on any atom is -0.356 e. The van der Waals surface area contributed by atoms with Crippen molar-refractivity contribution in [3.63, 3.8) is 0 Å². The van der Waals surface area contributed by atoms with E-state index in [9.17, 15) is 0 Å². The first-order valence-corrected chi connectivity index (χ1v) is 8.78. The van der Waals surface area contributed by atoms with Crippen molar-refractivity contribution in [2.45, 2.75) is 19.4 Å². The number of nitrogens with zero attached hydrogens (tertiary/aromatic N) is 3. The molecular formula is C20H24N6. The fraction of sp³-hybridized carbons (Fsp3) is 0.250. The average Bonchev–Trinajstić information content (AvgIpc) is 3.23. The van der Waals surface area contributed by atoms with Gasteiger partial charge < -0.3 is 10.6 Å². The van der Waals surface area contributed by atoms with Crippen molar-refractivity contribution < 1.29 is 0 Å². The Morgan fingerprint density at radius 2 is 1.88 bits per heavy atom. The Morgan fingerprint density at radius 3 is 2.65 bits per heavy atom. The first-order chi connectivity index (χ1) is 12.8. The number of hydrogen-bond donors (Lipinski definition) is 3. The largest absolute Gasteiger partial charge is 0.356 e. The average molecular weight is 348 g/mol. The van der Waals surface area contributed by atoms with E-state index in [0.717, 1.165) is 42.3 Å². The molecule has 0 bridgehead atoms. The molecule has 0 aliphatic heterocycles. The number of aliphatic imine (C=N–C) groups is 1. The third-order valence-electron chi connectivity index (χ3n) is 4.08. The number of aryl methyl sites for hydroxylation is 1. The Labute approximate surface area is 153 Å². The predicted molar refractivity (Wildman–Crippen MR) is 105 cm³/mol. The third-order valence-corrected chi connectivity index (χ3v) is 4.08. The minimum absolute atomic E-state index is 0.695. The molecule has 1 heterocycles. The van der Waals surface area contributed by atoms with Gasteiger partial charge in [-0.15, -0.1) is 0 Å². The topological polar surface area (TPSA) is 78.0 Å². The molecule has 0 saturated heterocycles. The molecular weight excluding hydrogens is 324 g/mol. The number of benzene rings is 2. The van der Waals surface area contributed by atoms with Gasteiger partial charge in [-0.3, -0.25) is 10.1 Å². The number of rotatable bonds is 7. The second-order valence-corrected chi connectivity index (χ2v) is 5.98. The standard InChI is InChI=1S/C20H24N6/c1-21-20(22-12-6-10-16-7-3-2-4-8-16)23-14-17-9-5-11-18(13-17)19-24-15-25-26-19/h2-5,7-9,11,13,15H,6,10,12,14H2,1H3,(H2,21,22,23)(H,24,25,26). The summed E-state index contributed by atoms with van der Waals surface area (Å²) in [5.41, 5.74) is 3.54. The van der Waals surface area contributed by atoms with E-state index in [2.05, 4.69) is 67.2 Å². The molecule has 0 fully saturated rings. The van der Waals surface area contributed by atoms with Crippen LogP contribution >= 0.6 is 0 Å². The Morgan fingerprint density at radius 1 is 1.04 bits per heavy atom. The smallest absolute Gasteiger partial charge is 0.191 e. The van der Waals surface area contributed by atoms with Crippen LogP contribution in [0.2, 0.25) is 0 Å². The Bertz CT molecular complexity index is 811. The SMILES string of the molecule is CN=C(NCCCc1ccccc1)NCc1cccc(-c2ncn[nH]2)c1. The van der Waals surface area contributed by atoms with Gasteiger partial charge in [0.05, 0.1) is 0 Å². The molecule has 0 atom stereocenters. The molecule has 0 unspecified atom stereocenters. The molecule has 3 rings (SSSR count). The second kappa shape index (κ2) is 9.36. The zero-order chi connectivity index (χ0) is 18.0. The van der Waals surface area contributed by atoms with Crippen molar-refractivity contribution >= 4 is 5.96 Å². The van der Waals surface area contributed by atoms with Gasteiger partial charge in [0, 0.05) is 25.7 Å². The zero-order valence-electron chi connectivity index (χ0n) is 14.9. The normalized spacial score (nSPS) is 11.3.